The molecule has 9 heteroatoms. The molecule has 1 atom stereocenters. The third-order valence-electron chi connectivity index (χ3n) is 3.09. The van der Waals surface area contributed by atoms with Gasteiger partial charge in [-0.2, -0.15) is 0 Å². The van der Waals surface area contributed by atoms with E-state index in [0.29, 0.717) is 0 Å². The summed E-state index contributed by atoms with van der Waals surface area (Å²) >= 11 is 0. The number of carbonyl (C=O) groups excluding carboxylic acids is 2. The van der Waals surface area contributed by atoms with Crippen LogP contribution in [0, 0.1) is 0 Å². The number of hydrogen-bond donors (Lipinski definition) is 2. The lowest BCUT2D eigenvalue weighted by Crippen LogP contribution is -2.40. The second-order valence-corrected chi connectivity index (χ2v) is 6.32. The third kappa shape index (κ3) is 5.87. The predicted octanol–water partition coefficient (Wildman–Crippen LogP) is 0.903. The van der Waals surface area contributed by atoms with Gasteiger partial charge < -0.3 is 15.4 Å². The Balaban J connectivity index is 1.90. The van der Waals surface area contributed by atoms with Crippen molar-refractivity contribution in [3.63, 3.8) is 0 Å². The summed E-state index contributed by atoms with van der Waals surface area (Å²) in [5, 5.41) is 16.3. The molecule has 0 bridgehead atoms. The van der Waals surface area contributed by atoms with Crippen molar-refractivity contribution in [2.24, 2.45) is 0 Å². The first-order chi connectivity index (χ1) is 11.9. The first kappa shape index (κ1) is 18.4. The molecule has 0 saturated carbocycles. The molecular weight excluding hydrogens is 324 g/mol. The topological polar surface area (TPSA) is 111 Å². The molecule has 0 aliphatic heterocycles. The Morgan fingerprint density at radius 3 is 2.44 bits per heavy atom. The van der Waals surface area contributed by atoms with Crippen LogP contribution < -0.4 is 10.6 Å². The van der Waals surface area contributed by atoms with Gasteiger partial charge in [-0.15, -0.1) is 5.10 Å². The molecule has 0 aliphatic carbocycles. The van der Waals surface area contributed by atoms with E-state index in [1.807, 2.05) is 30.3 Å². The van der Waals surface area contributed by atoms with Crippen LogP contribution in [0.15, 0.2) is 36.7 Å². The number of ether oxygens (including phenoxy) is 1. The molecule has 2 rings (SSSR count). The van der Waals surface area contributed by atoms with Crippen molar-refractivity contribution in [3.8, 4) is 0 Å². The van der Waals surface area contributed by atoms with Crippen molar-refractivity contribution in [2.45, 2.75) is 32.4 Å². The molecular formula is C16H22N6O3. The van der Waals surface area contributed by atoms with Gasteiger partial charge in [-0.1, -0.05) is 30.3 Å². The molecule has 2 aromatic rings. The smallest absolute Gasteiger partial charge is 0.407 e. The fourth-order valence-electron chi connectivity index (χ4n) is 2.11. The van der Waals surface area contributed by atoms with Gasteiger partial charge in [0.1, 0.15) is 11.9 Å². The van der Waals surface area contributed by atoms with E-state index in [9.17, 15) is 9.59 Å². The zero-order chi connectivity index (χ0) is 18.3. The Labute approximate surface area is 145 Å². The summed E-state index contributed by atoms with van der Waals surface area (Å²) in [4.78, 5) is 24.1. The number of hydrogen-bond acceptors (Lipinski definition) is 6. The Morgan fingerprint density at radius 1 is 1.16 bits per heavy atom. The van der Waals surface area contributed by atoms with Crippen LogP contribution in [0.4, 0.5) is 4.79 Å². The molecule has 1 unspecified atom stereocenters. The summed E-state index contributed by atoms with van der Waals surface area (Å²) < 4.78 is 6.51. The van der Waals surface area contributed by atoms with Crippen LogP contribution in [0.5, 0.6) is 0 Å². The van der Waals surface area contributed by atoms with E-state index < -0.39 is 17.7 Å². The minimum Gasteiger partial charge on any atom is -0.444 e. The van der Waals surface area contributed by atoms with Gasteiger partial charge in [0.2, 0.25) is 5.91 Å². The second kappa shape index (κ2) is 8.22. The zero-order valence-corrected chi connectivity index (χ0v) is 14.5. The Morgan fingerprint density at radius 2 is 1.84 bits per heavy atom. The highest BCUT2D eigenvalue weighted by Gasteiger charge is 2.23. The van der Waals surface area contributed by atoms with Crippen LogP contribution in [0.2, 0.25) is 0 Å². The lowest BCUT2D eigenvalue weighted by atomic mass is 10.1. The van der Waals surface area contributed by atoms with Gasteiger partial charge in [0, 0.05) is 13.1 Å². The van der Waals surface area contributed by atoms with Crippen molar-refractivity contribution in [3.05, 3.63) is 42.2 Å². The molecule has 1 heterocycles. The van der Waals surface area contributed by atoms with Crippen LogP contribution in [-0.4, -0.2) is 50.9 Å². The number of nitrogens with one attached hydrogen (secondary N) is 2. The van der Waals surface area contributed by atoms with Crippen molar-refractivity contribution in [2.75, 3.05) is 13.1 Å². The van der Waals surface area contributed by atoms with Crippen molar-refractivity contribution in [1.82, 2.24) is 30.8 Å². The molecule has 0 spiro atoms. The molecule has 25 heavy (non-hydrogen) atoms. The highest BCUT2D eigenvalue weighted by Crippen LogP contribution is 2.16. The van der Waals surface area contributed by atoms with Gasteiger partial charge in [-0.3, -0.25) is 4.79 Å². The highest BCUT2D eigenvalue weighted by atomic mass is 16.6. The van der Waals surface area contributed by atoms with Gasteiger partial charge in [-0.25, -0.2) is 9.48 Å². The standard InChI is InChI=1S/C16H22N6O3/c1-16(2,3)25-15(24)18-10-9-17-14(23)13(22-11-19-20-21-22)12-7-5-4-6-8-12/h4-8,11,13H,9-10H2,1-3H3,(H,17,23)(H,18,24). The molecule has 1 aromatic heterocycles. The Hall–Kier alpha value is -2.97. The number of aromatic nitrogens is 4. The number of rotatable bonds is 6. The van der Waals surface area contributed by atoms with E-state index in [1.165, 1.54) is 11.0 Å². The average Bonchev–Trinajstić information content (AvgIpc) is 3.05. The van der Waals surface area contributed by atoms with Crippen LogP contribution in [0.1, 0.15) is 32.4 Å². The molecule has 0 fully saturated rings. The van der Waals surface area contributed by atoms with Crippen molar-refractivity contribution >= 4 is 12.0 Å². The van der Waals surface area contributed by atoms with Crippen LogP contribution in [0.25, 0.3) is 0 Å². The highest BCUT2D eigenvalue weighted by molar-refractivity contribution is 5.83. The normalized spacial score (nSPS) is 12.3. The molecule has 0 saturated heterocycles. The zero-order valence-electron chi connectivity index (χ0n) is 14.5. The largest absolute Gasteiger partial charge is 0.444 e. The minimum atomic E-state index is -0.683. The second-order valence-electron chi connectivity index (χ2n) is 6.32. The van der Waals surface area contributed by atoms with E-state index in [2.05, 4.69) is 26.2 Å². The molecule has 0 aliphatic rings. The monoisotopic (exact) mass is 346 g/mol. The summed E-state index contributed by atoms with van der Waals surface area (Å²) in [5.74, 6) is -0.274. The average molecular weight is 346 g/mol. The first-order valence-electron chi connectivity index (χ1n) is 7.89. The number of alkyl carbamates (subject to hydrolysis) is 1. The molecule has 134 valence electrons. The number of tetrazole rings is 1. The maximum atomic E-state index is 12.5. The van der Waals surface area contributed by atoms with Gasteiger partial charge in [-0.05, 0) is 36.8 Å². The maximum absolute atomic E-state index is 12.5. The predicted molar refractivity (Wildman–Crippen MR) is 89.6 cm³/mol. The molecule has 0 radical (unpaired) electrons. The van der Waals surface area contributed by atoms with E-state index in [1.54, 1.807) is 20.8 Å². The fourth-order valence-corrected chi connectivity index (χ4v) is 2.11. The van der Waals surface area contributed by atoms with E-state index in [-0.39, 0.29) is 19.0 Å². The van der Waals surface area contributed by atoms with E-state index >= 15 is 0 Å². The summed E-state index contributed by atoms with van der Waals surface area (Å²) in [6.07, 6.45) is 0.859. The lowest BCUT2D eigenvalue weighted by molar-refractivity contribution is -0.123. The Bertz CT molecular complexity index is 682. The van der Waals surface area contributed by atoms with Gasteiger partial charge in [0.05, 0.1) is 0 Å². The third-order valence-corrected chi connectivity index (χ3v) is 3.09. The lowest BCUT2D eigenvalue weighted by Gasteiger charge is -2.20. The summed E-state index contributed by atoms with van der Waals surface area (Å²) in [6, 6.07) is 8.50. The van der Waals surface area contributed by atoms with Gasteiger partial charge in [0.15, 0.2) is 6.04 Å². The molecule has 2 amide bonds. The first-order valence-corrected chi connectivity index (χ1v) is 7.89. The molecule has 9 nitrogen and oxygen atoms in total. The van der Waals surface area contributed by atoms with Crippen LogP contribution in [0.3, 0.4) is 0 Å². The summed E-state index contributed by atoms with van der Waals surface area (Å²) in [7, 11) is 0. The summed E-state index contributed by atoms with van der Waals surface area (Å²) in [6.45, 7) is 5.85. The SMILES string of the molecule is CC(C)(C)OC(=O)NCCNC(=O)C(c1ccccc1)n1cnnn1. The number of benzene rings is 1. The van der Waals surface area contributed by atoms with Crippen molar-refractivity contribution < 1.29 is 14.3 Å². The minimum absolute atomic E-state index is 0.248. The summed E-state index contributed by atoms with van der Waals surface area (Å²) in [5.41, 5.74) is 0.193. The van der Waals surface area contributed by atoms with Crippen molar-refractivity contribution in [1.29, 1.82) is 0 Å². The van der Waals surface area contributed by atoms with Gasteiger partial charge in [0.25, 0.3) is 0 Å². The Kier molecular flexibility index (Phi) is 6.04. The number of carbonyl (C=O) groups is 2. The number of nitrogens with zero attached hydrogens (tertiary/aromatic N) is 4. The number of amides is 2. The quantitative estimate of drug-likeness (QED) is 0.752. The van der Waals surface area contributed by atoms with Crippen LogP contribution >= 0.6 is 0 Å². The fraction of sp³-hybridized carbons (Fsp3) is 0.438. The van der Waals surface area contributed by atoms with E-state index in [4.69, 9.17) is 4.74 Å². The van der Waals surface area contributed by atoms with Gasteiger partial charge >= 0.3 is 6.09 Å². The maximum Gasteiger partial charge on any atom is 0.407 e. The van der Waals surface area contributed by atoms with Crippen LogP contribution in [-0.2, 0) is 9.53 Å². The van der Waals surface area contributed by atoms with E-state index in [0.717, 1.165) is 5.56 Å². The molecule has 2 N–H and O–H groups in total. The molecule has 1 aromatic carbocycles.